The molecule has 0 saturated carbocycles. The van der Waals surface area contributed by atoms with E-state index in [0.29, 0.717) is 25.4 Å². The zero-order valence-corrected chi connectivity index (χ0v) is 11.1. The summed E-state index contributed by atoms with van der Waals surface area (Å²) in [5.41, 5.74) is 0. The number of aliphatic carboxylic acids is 1. The van der Waals surface area contributed by atoms with Crippen molar-refractivity contribution in [3.8, 4) is 0 Å². The van der Waals surface area contributed by atoms with Crippen LogP contribution < -0.4 is 5.32 Å². The lowest BCUT2D eigenvalue weighted by molar-refractivity contribution is -0.141. The summed E-state index contributed by atoms with van der Waals surface area (Å²) >= 11 is 1.74. The van der Waals surface area contributed by atoms with Gasteiger partial charge < -0.3 is 15.3 Å². The monoisotopic (exact) mass is 260 g/mol. The summed E-state index contributed by atoms with van der Waals surface area (Å²) in [6, 6.07) is -0.895. The number of urea groups is 1. The van der Waals surface area contributed by atoms with Crippen LogP contribution in [0.15, 0.2) is 0 Å². The Labute approximate surface area is 106 Å². The van der Waals surface area contributed by atoms with E-state index < -0.39 is 12.0 Å². The Balaban J connectivity index is 2.39. The molecule has 6 heteroatoms. The van der Waals surface area contributed by atoms with Gasteiger partial charge >= 0.3 is 12.0 Å². The van der Waals surface area contributed by atoms with E-state index >= 15 is 0 Å². The summed E-state index contributed by atoms with van der Waals surface area (Å²) in [6.45, 7) is 3.21. The van der Waals surface area contributed by atoms with Crippen LogP contribution >= 0.6 is 11.8 Å². The van der Waals surface area contributed by atoms with Crippen LogP contribution in [0.2, 0.25) is 0 Å². The summed E-state index contributed by atoms with van der Waals surface area (Å²) in [7, 11) is 0. The Kier molecular flexibility index (Phi) is 5.61. The minimum absolute atomic E-state index is 0.247. The van der Waals surface area contributed by atoms with Gasteiger partial charge in [-0.1, -0.05) is 6.92 Å². The van der Waals surface area contributed by atoms with Crippen LogP contribution in [0.5, 0.6) is 0 Å². The lowest BCUT2D eigenvalue weighted by Gasteiger charge is -2.22. The zero-order valence-electron chi connectivity index (χ0n) is 10.3. The van der Waals surface area contributed by atoms with Crippen LogP contribution in [0, 0.1) is 5.92 Å². The molecule has 0 aliphatic carbocycles. The van der Waals surface area contributed by atoms with Crippen LogP contribution in [0.25, 0.3) is 0 Å². The van der Waals surface area contributed by atoms with Crippen LogP contribution in [-0.2, 0) is 4.79 Å². The number of carbonyl (C=O) groups excluding carboxylic acids is 1. The maximum absolute atomic E-state index is 11.8. The molecule has 1 aliphatic rings. The minimum Gasteiger partial charge on any atom is -0.480 e. The van der Waals surface area contributed by atoms with Gasteiger partial charge in [0.05, 0.1) is 0 Å². The summed E-state index contributed by atoms with van der Waals surface area (Å²) < 4.78 is 0. The van der Waals surface area contributed by atoms with E-state index in [9.17, 15) is 9.59 Å². The van der Waals surface area contributed by atoms with E-state index in [0.717, 1.165) is 12.2 Å². The lowest BCUT2D eigenvalue weighted by Crippen LogP contribution is -2.47. The molecule has 1 aliphatic heterocycles. The number of hydrogen-bond acceptors (Lipinski definition) is 3. The number of nitrogens with one attached hydrogen (secondary N) is 1. The van der Waals surface area contributed by atoms with Gasteiger partial charge in [-0.2, -0.15) is 11.8 Å². The number of rotatable bonds is 5. The number of amides is 2. The molecule has 17 heavy (non-hydrogen) atoms. The molecule has 98 valence electrons. The van der Waals surface area contributed by atoms with Crippen molar-refractivity contribution >= 4 is 23.8 Å². The molecule has 1 fully saturated rings. The van der Waals surface area contributed by atoms with Crippen LogP contribution in [0.1, 0.15) is 19.8 Å². The fourth-order valence-corrected chi connectivity index (χ4v) is 2.66. The van der Waals surface area contributed by atoms with E-state index in [4.69, 9.17) is 5.11 Å². The average molecular weight is 260 g/mol. The fourth-order valence-electron chi connectivity index (χ4n) is 1.97. The van der Waals surface area contributed by atoms with Gasteiger partial charge in [0.1, 0.15) is 6.04 Å². The summed E-state index contributed by atoms with van der Waals surface area (Å²) in [5, 5.41) is 11.8. The third-order valence-corrected chi connectivity index (χ3v) is 3.75. The first-order chi connectivity index (χ1) is 8.06. The van der Waals surface area contributed by atoms with E-state index in [-0.39, 0.29) is 6.03 Å². The topological polar surface area (TPSA) is 69.6 Å². The second kappa shape index (κ2) is 6.74. The number of carboxylic acid groups (broad SMARTS) is 1. The standard InChI is InChI=1S/C11H20N2O3S/c1-8(7-17-2)6-12-11(16)13-5-3-4-9(13)10(14)15/h8-9H,3-7H2,1-2H3,(H,12,16)(H,14,15)/t8?,9-/m1/s1. The Morgan fingerprint density at radius 1 is 1.59 bits per heavy atom. The van der Waals surface area contributed by atoms with Crippen molar-refractivity contribution in [2.45, 2.75) is 25.8 Å². The molecule has 0 radical (unpaired) electrons. The normalized spacial score (nSPS) is 21.3. The first-order valence-corrected chi connectivity index (χ1v) is 7.21. The number of likely N-dealkylation sites (tertiary alicyclic amines) is 1. The summed E-state index contributed by atoms with van der Waals surface area (Å²) in [4.78, 5) is 24.2. The second-order valence-electron chi connectivity index (χ2n) is 4.44. The second-order valence-corrected chi connectivity index (χ2v) is 5.35. The Morgan fingerprint density at radius 3 is 2.88 bits per heavy atom. The average Bonchev–Trinajstić information content (AvgIpc) is 2.75. The van der Waals surface area contributed by atoms with Gasteiger partial charge in [-0.25, -0.2) is 9.59 Å². The van der Waals surface area contributed by atoms with Crippen molar-refractivity contribution < 1.29 is 14.7 Å². The summed E-state index contributed by atoms with van der Waals surface area (Å²) in [5.74, 6) is 0.484. The van der Waals surface area contributed by atoms with Gasteiger partial charge in [0.15, 0.2) is 0 Å². The highest BCUT2D eigenvalue weighted by Crippen LogP contribution is 2.17. The lowest BCUT2D eigenvalue weighted by atomic mass is 10.2. The van der Waals surface area contributed by atoms with E-state index in [1.54, 1.807) is 11.8 Å². The molecular weight excluding hydrogens is 240 g/mol. The molecule has 2 N–H and O–H groups in total. The Bertz CT molecular complexity index is 286. The first kappa shape index (κ1) is 14.2. The van der Waals surface area contributed by atoms with Crippen molar-refractivity contribution in [2.75, 3.05) is 25.1 Å². The van der Waals surface area contributed by atoms with Crippen LogP contribution in [0.3, 0.4) is 0 Å². The molecule has 0 aromatic heterocycles. The highest BCUT2D eigenvalue weighted by Gasteiger charge is 2.33. The SMILES string of the molecule is CSCC(C)CNC(=O)N1CCC[C@@H]1C(=O)O. The molecule has 1 saturated heterocycles. The van der Waals surface area contributed by atoms with Crippen LogP contribution in [0.4, 0.5) is 4.79 Å². The predicted molar refractivity (Wildman–Crippen MR) is 68.3 cm³/mol. The quantitative estimate of drug-likeness (QED) is 0.780. The molecule has 1 heterocycles. The molecular formula is C11H20N2O3S. The van der Waals surface area contributed by atoms with Gasteiger partial charge in [-0.15, -0.1) is 0 Å². The molecule has 0 bridgehead atoms. The third kappa shape index (κ3) is 4.11. The van der Waals surface area contributed by atoms with Crippen molar-refractivity contribution in [3.05, 3.63) is 0 Å². The summed E-state index contributed by atoms with van der Waals surface area (Å²) in [6.07, 6.45) is 3.35. The molecule has 1 rings (SSSR count). The number of nitrogens with zero attached hydrogens (tertiary/aromatic N) is 1. The third-order valence-electron chi connectivity index (χ3n) is 2.85. The highest BCUT2D eigenvalue weighted by atomic mass is 32.2. The predicted octanol–water partition coefficient (Wildman–Crippen LogP) is 1.24. The van der Waals surface area contributed by atoms with E-state index in [2.05, 4.69) is 12.2 Å². The molecule has 2 atom stereocenters. The van der Waals surface area contributed by atoms with Gasteiger partial charge in [0.25, 0.3) is 0 Å². The van der Waals surface area contributed by atoms with Gasteiger partial charge in [-0.05, 0) is 30.8 Å². The highest BCUT2D eigenvalue weighted by molar-refractivity contribution is 7.98. The van der Waals surface area contributed by atoms with E-state index in [1.165, 1.54) is 4.90 Å². The van der Waals surface area contributed by atoms with Crippen molar-refractivity contribution in [1.82, 2.24) is 10.2 Å². The molecule has 0 aromatic carbocycles. The molecule has 2 amide bonds. The Hall–Kier alpha value is -0.910. The maximum atomic E-state index is 11.8. The smallest absolute Gasteiger partial charge is 0.326 e. The largest absolute Gasteiger partial charge is 0.480 e. The number of hydrogen-bond donors (Lipinski definition) is 2. The molecule has 0 spiro atoms. The molecule has 0 aromatic rings. The number of carbonyl (C=O) groups is 2. The first-order valence-electron chi connectivity index (χ1n) is 5.82. The van der Waals surface area contributed by atoms with Gasteiger partial charge in [0, 0.05) is 13.1 Å². The number of carboxylic acids is 1. The maximum Gasteiger partial charge on any atom is 0.326 e. The van der Waals surface area contributed by atoms with Crippen molar-refractivity contribution in [2.24, 2.45) is 5.92 Å². The van der Waals surface area contributed by atoms with Crippen LogP contribution in [-0.4, -0.2) is 53.1 Å². The van der Waals surface area contributed by atoms with E-state index in [1.807, 2.05) is 6.26 Å². The minimum atomic E-state index is -0.908. The van der Waals surface area contributed by atoms with Crippen molar-refractivity contribution in [1.29, 1.82) is 0 Å². The Morgan fingerprint density at radius 2 is 2.29 bits per heavy atom. The molecule has 5 nitrogen and oxygen atoms in total. The fraction of sp³-hybridized carbons (Fsp3) is 0.818. The molecule has 1 unspecified atom stereocenters. The number of thioether (sulfide) groups is 1. The van der Waals surface area contributed by atoms with Crippen molar-refractivity contribution in [3.63, 3.8) is 0 Å². The zero-order chi connectivity index (χ0) is 12.8. The van der Waals surface area contributed by atoms with Gasteiger partial charge in [-0.3, -0.25) is 0 Å². The van der Waals surface area contributed by atoms with Gasteiger partial charge in [0.2, 0.25) is 0 Å².